The lowest BCUT2D eigenvalue weighted by Gasteiger charge is -2.24. The Morgan fingerprint density at radius 1 is 0.972 bits per heavy atom. The number of anilines is 1. The molecule has 2 aromatic carbocycles. The molecule has 1 heterocycles. The fourth-order valence-corrected chi connectivity index (χ4v) is 7.09. The Labute approximate surface area is 217 Å². The maximum absolute atomic E-state index is 13.3. The van der Waals surface area contributed by atoms with Crippen LogP contribution >= 0.6 is 11.3 Å². The van der Waals surface area contributed by atoms with Crippen molar-refractivity contribution in [2.45, 2.75) is 43.4 Å². The van der Waals surface area contributed by atoms with E-state index in [0.717, 1.165) is 24.9 Å². The third kappa shape index (κ3) is 6.90. The fourth-order valence-electron chi connectivity index (χ4n) is 3.85. The summed E-state index contributed by atoms with van der Waals surface area (Å²) in [5, 5.41) is 0.416. The Morgan fingerprint density at radius 3 is 2.25 bits per heavy atom. The molecule has 0 atom stereocenters. The van der Waals surface area contributed by atoms with Crippen molar-refractivity contribution in [2.75, 3.05) is 43.1 Å². The van der Waals surface area contributed by atoms with E-state index < -0.39 is 19.7 Å². The third-order valence-corrected chi connectivity index (χ3v) is 10.0. The largest absolute Gasteiger partial charge is 0.302 e. The highest BCUT2D eigenvalue weighted by atomic mass is 32.2. The predicted molar refractivity (Wildman–Crippen MR) is 145 cm³/mol. The van der Waals surface area contributed by atoms with E-state index in [1.54, 1.807) is 41.3 Å². The number of rotatable bonds is 12. The molecular weight excluding hydrogens is 518 g/mol. The second-order valence-electron chi connectivity index (χ2n) is 8.68. The molecule has 0 aliphatic carbocycles. The molecule has 1 aromatic heterocycles. The number of benzene rings is 2. The Kier molecular flexibility index (Phi) is 9.26. The van der Waals surface area contributed by atoms with Crippen molar-refractivity contribution >= 4 is 52.3 Å². The number of aromatic nitrogens is 1. The second kappa shape index (κ2) is 11.8. The number of hydrogen-bond donors (Lipinski definition) is 0. The number of carbonyl (C=O) groups excluding carboxylic acids is 1. The topological polar surface area (TPSA) is 105 Å². The van der Waals surface area contributed by atoms with Gasteiger partial charge in [-0.3, -0.25) is 9.69 Å². The van der Waals surface area contributed by atoms with Gasteiger partial charge in [0.2, 0.25) is 5.91 Å². The summed E-state index contributed by atoms with van der Waals surface area (Å²) in [4.78, 5) is 22.0. The molecule has 1 amide bonds. The lowest BCUT2D eigenvalue weighted by molar-refractivity contribution is -0.118. The minimum Gasteiger partial charge on any atom is -0.302 e. The molecule has 0 N–H and O–H groups in total. The Morgan fingerprint density at radius 2 is 1.64 bits per heavy atom. The van der Waals surface area contributed by atoms with Crippen LogP contribution in [0.1, 0.15) is 32.3 Å². The number of fused-ring (bicyclic) bond motifs is 1. The molecule has 0 spiro atoms. The van der Waals surface area contributed by atoms with Crippen LogP contribution in [0, 0.1) is 6.92 Å². The average molecular weight is 552 g/mol. The highest BCUT2D eigenvalue weighted by Crippen LogP contribution is 2.33. The van der Waals surface area contributed by atoms with Crippen LogP contribution in [0.25, 0.3) is 10.2 Å². The Hall–Kier alpha value is -2.34. The van der Waals surface area contributed by atoms with Gasteiger partial charge in [-0.1, -0.05) is 48.9 Å². The van der Waals surface area contributed by atoms with Gasteiger partial charge in [0.05, 0.1) is 20.2 Å². The maximum atomic E-state index is 13.3. The molecule has 3 rings (SSSR count). The summed E-state index contributed by atoms with van der Waals surface area (Å²) in [6.07, 6.45) is 1.35. The number of amides is 1. The maximum Gasteiger partial charge on any atom is 0.228 e. The first-order valence-electron chi connectivity index (χ1n) is 11.9. The summed E-state index contributed by atoms with van der Waals surface area (Å²) in [5.41, 5.74) is 1.32. The van der Waals surface area contributed by atoms with Crippen molar-refractivity contribution < 1.29 is 21.6 Å². The third-order valence-electron chi connectivity index (χ3n) is 6.02. The van der Waals surface area contributed by atoms with E-state index in [2.05, 4.69) is 9.88 Å². The standard InChI is InChI=1S/C25H33N3O5S3/c1-5-27(6-2)16-17-28(25-26-24-21(34-25)9-7-10-22(24)35(4,30)31)23(29)11-8-18-36(32,33)20-14-12-19(3)13-15-20/h7,9-10,12-15H,5-6,8,11,16-18H2,1-4H3. The summed E-state index contributed by atoms with van der Waals surface area (Å²) in [7, 11) is -6.99. The van der Waals surface area contributed by atoms with Crippen molar-refractivity contribution in [1.82, 2.24) is 9.88 Å². The van der Waals surface area contributed by atoms with Gasteiger partial charge in [0.15, 0.2) is 24.8 Å². The SMILES string of the molecule is CCN(CC)CCN(C(=O)CCCS(=O)(=O)c1ccc(C)cc1)c1nc2c(S(C)(=O)=O)cccc2s1. The molecule has 0 aliphatic rings. The molecule has 0 saturated heterocycles. The number of hydrogen-bond acceptors (Lipinski definition) is 8. The number of aryl methyl sites for hydroxylation is 1. The first-order chi connectivity index (χ1) is 17.0. The van der Waals surface area contributed by atoms with Gasteiger partial charge in [0.1, 0.15) is 5.52 Å². The van der Waals surface area contributed by atoms with Crippen LogP contribution in [0.2, 0.25) is 0 Å². The number of likely N-dealkylation sites (N-methyl/N-ethyl adjacent to an activating group) is 1. The van der Waals surface area contributed by atoms with E-state index in [4.69, 9.17) is 0 Å². The van der Waals surface area contributed by atoms with E-state index in [1.165, 1.54) is 17.4 Å². The molecular formula is C25H33N3O5S3. The molecule has 0 aliphatic heterocycles. The lowest BCUT2D eigenvalue weighted by Crippen LogP contribution is -2.39. The molecule has 0 fully saturated rings. The minimum atomic E-state index is -3.50. The zero-order valence-corrected chi connectivity index (χ0v) is 23.5. The van der Waals surface area contributed by atoms with Crippen LogP contribution < -0.4 is 4.90 Å². The first-order valence-corrected chi connectivity index (χ1v) is 16.2. The van der Waals surface area contributed by atoms with Gasteiger partial charge >= 0.3 is 0 Å². The molecule has 0 radical (unpaired) electrons. The second-order valence-corrected chi connectivity index (χ2v) is 13.8. The molecule has 0 unspecified atom stereocenters. The molecule has 3 aromatic rings. The number of nitrogens with zero attached hydrogens (tertiary/aromatic N) is 3. The predicted octanol–water partition coefficient (Wildman–Crippen LogP) is 3.94. The molecule has 0 bridgehead atoms. The van der Waals surface area contributed by atoms with Gasteiger partial charge in [0, 0.05) is 25.8 Å². The number of sulfone groups is 2. The van der Waals surface area contributed by atoms with Crippen molar-refractivity contribution in [3.63, 3.8) is 0 Å². The summed E-state index contributed by atoms with van der Waals surface area (Å²) in [5.74, 6) is -0.370. The van der Waals surface area contributed by atoms with Gasteiger partial charge in [-0.05, 0) is 50.7 Å². The molecule has 8 nitrogen and oxygen atoms in total. The smallest absolute Gasteiger partial charge is 0.228 e. The highest BCUT2D eigenvalue weighted by Gasteiger charge is 2.24. The summed E-state index contributed by atoms with van der Waals surface area (Å²) in [6, 6.07) is 11.6. The lowest BCUT2D eigenvalue weighted by atomic mass is 10.2. The monoisotopic (exact) mass is 551 g/mol. The van der Waals surface area contributed by atoms with Crippen LogP contribution in [-0.4, -0.2) is 70.8 Å². The van der Waals surface area contributed by atoms with Crippen LogP contribution in [0.5, 0.6) is 0 Å². The molecule has 0 saturated carbocycles. The van der Waals surface area contributed by atoms with E-state index in [9.17, 15) is 21.6 Å². The minimum absolute atomic E-state index is 0.0399. The fraction of sp³-hybridized carbons (Fsp3) is 0.440. The van der Waals surface area contributed by atoms with Crippen molar-refractivity contribution in [2.24, 2.45) is 0 Å². The van der Waals surface area contributed by atoms with Crippen LogP contribution in [0.3, 0.4) is 0 Å². The van der Waals surface area contributed by atoms with Crippen LogP contribution in [0.4, 0.5) is 5.13 Å². The summed E-state index contributed by atoms with van der Waals surface area (Å²) < 4.78 is 50.6. The van der Waals surface area contributed by atoms with Crippen molar-refractivity contribution in [3.05, 3.63) is 48.0 Å². The average Bonchev–Trinajstić information content (AvgIpc) is 3.25. The molecule has 196 valence electrons. The molecule has 11 heteroatoms. The van der Waals surface area contributed by atoms with E-state index >= 15 is 0 Å². The quantitative estimate of drug-likeness (QED) is 0.336. The van der Waals surface area contributed by atoms with Gasteiger partial charge in [0.25, 0.3) is 0 Å². The van der Waals surface area contributed by atoms with Gasteiger partial charge in [-0.25, -0.2) is 21.8 Å². The van der Waals surface area contributed by atoms with Crippen LogP contribution in [-0.2, 0) is 24.5 Å². The molecule has 36 heavy (non-hydrogen) atoms. The Balaban J connectivity index is 1.83. The zero-order chi connectivity index (χ0) is 26.5. The van der Waals surface area contributed by atoms with Gasteiger partial charge in [-0.15, -0.1) is 0 Å². The highest BCUT2D eigenvalue weighted by molar-refractivity contribution is 7.91. The number of para-hydroxylation sites is 1. The zero-order valence-electron chi connectivity index (χ0n) is 21.1. The number of thiazole rings is 1. The van der Waals surface area contributed by atoms with E-state index in [0.29, 0.717) is 28.4 Å². The van der Waals surface area contributed by atoms with Gasteiger partial charge < -0.3 is 4.90 Å². The summed E-state index contributed by atoms with van der Waals surface area (Å²) in [6.45, 7) is 8.62. The Bertz CT molecular complexity index is 1410. The normalized spacial score (nSPS) is 12.4. The van der Waals surface area contributed by atoms with Crippen LogP contribution in [0.15, 0.2) is 52.3 Å². The first kappa shape index (κ1) is 28.2. The van der Waals surface area contributed by atoms with E-state index in [1.807, 2.05) is 20.8 Å². The van der Waals surface area contributed by atoms with Crippen molar-refractivity contribution in [3.8, 4) is 0 Å². The van der Waals surface area contributed by atoms with Gasteiger partial charge in [-0.2, -0.15) is 0 Å². The number of carbonyl (C=O) groups is 1. The summed E-state index contributed by atoms with van der Waals surface area (Å²) >= 11 is 1.26. The van der Waals surface area contributed by atoms with E-state index in [-0.39, 0.29) is 34.3 Å². The van der Waals surface area contributed by atoms with Crippen molar-refractivity contribution in [1.29, 1.82) is 0 Å².